The molecule has 6 nitrogen and oxygen atoms in total. The van der Waals surface area contributed by atoms with Crippen LogP contribution in [0.15, 0.2) is 60.7 Å². The fraction of sp³-hybridized carbons (Fsp3) is 0.333. The molecular weight excluding hydrogens is 452 g/mol. The Morgan fingerprint density at radius 1 is 0.611 bits per heavy atom. The SMILES string of the molecule is CCCCCc1cccc(O)c1C(=O)Nc1ccc(NC(=O)c2c(O)cccc2CCCCC)cc1. The zero-order valence-electron chi connectivity index (χ0n) is 21.1. The average molecular weight is 489 g/mol. The summed E-state index contributed by atoms with van der Waals surface area (Å²) in [5.41, 5.74) is 3.32. The zero-order chi connectivity index (χ0) is 25.9. The Morgan fingerprint density at radius 3 is 1.36 bits per heavy atom. The summed E-state index contributed by atoms with van der Waals surface area (Å²) in [5, 5.41) is 26.3. The number of hydrogen-bond acceptors (Lipinski definition) is 4. The van der Waals surface area contributed by atoms with Crippen molar-refractivity contribution in [1.29, 1.82) is 0 Å². The van der Waals surface area contributed by atoms with E-state index in [1.54, 1.807) is 36.4 Å². The lowest BCUT2D eigenvalue weighted by atomic mass is 9.99. The number of hydrogen-bond donors (Lipinski definition) is 4. The number of rotatable bonds is 12. The molecular formula is C30H36N2O4. The van der Waals surface area contributed by atoms with Crippen LogP contribution in [0.4, 0.5) is 11.4 Å². The Morgan fingerprint density at radius 2 is 1.00 bits per heavy atom. The van der Waals surface area contributed by atoms with Crippen molar-refractivity contribution in [3.63, 3.8) is 0 Å². The fourth-order valence-electron chi connectivity index (χ4n) is 4.27. The highest BCUT2D eigenvalue weighted by Gasteiger charge is 2.18. The average Bonchev–Trinajstić information content (AvgIpc) is 2.85. The molecule has 4 N–H and O–H groups in total. The Kier molecular flexibility index (Phi) is 9.92. The van der Waals surface area contributed by atoms with Crippen LogP contribution in [0.2, 0.25) is 0 Å². The molecule has 3 aromatic rings. The fourth-order valence-corrected chi connectivity index (χ4v) is 4.27. The van der Waals surface area contributed by atoms with Crippen molar-refractivity contribution in [2.75, 3.05) is 10.6 Å². The van der Waals surface area contributed by atoms with Gasteiger partial charge in [0.25, 0.3) is 11.8 Å². The molecule has 0 saturated heterocycles. The summed E-state index contributed by atoms with van der Waals surface area (Å²) >= 11 is 0. The van der Waals surface area contributed by atoms with E-state index in [0.717, 1.165) is 62.5 Å². The minimum atomic E-state index is -0.373. The van der Waals surface area contributed by atoms with Crippen LogP contribution in [0, 0.1) is 0 Å². The molecule has 36 heavy (non-hydrogen) atoms. The first-order chi connectivity index (χ1) is 17.4. The van der Waals surface area contributed by atoms with Crippen LogP contribution in [0.5, 0.6) is 11.5 Å². The van der Waals surface area contributed by atoms with Crippen molar-refractivity contribution >= 4 is 23.2 Å². The summed E-state index contributed by atoms with van der Waals surface area (Å²) < 4.78 is 0. The molecule has 0 unspecified atom stereocenters. The highest BCUT2D eigenvalue weighted by molar-refractivity contribution is 6.08. The molecule has 0 atom stereocenters. The maximum atomic E-state index is 13.0. The minimum absolute atomic E-state index is 0.0391. The number of anilines is 2. The number of carbonyl (C=O) groups is 2. The monoisotopic (exact) mass is 488 g/mol. The van der Waals surface area contributed by atoms with Crippen LogP contribution < -0.4 is 10.6 Å². The van der Waals surface area contributed by atoms with E-state index >= 15 is 0 Å². The molecule has 0 aliphatic carbocycles. The lowest BCUT2D eigenvalue weighted by Gasteiger charge is -2.13. The molecule has 0 heterocycles. The van der Waals surface area contributed by atoms with Gasteiger partial charge in [-0.05, 0) is 73.2 Å². The number of unbranched alkanes of at least 4 members (excludes halogenated alkanes) is 4. The van der Waals surface area contributed by atoms with Gasteiger partial charge in [0.05, 0.1) is 11.1 Å². The molecule has 190 valence electrons. The van der Waals surface area contributed by atoms with Crippen LogP contribution in [-0.4, -0.2) is 22.0 Å². The van der Waals surface area contributed by atoms with Gasteiger partial charge in [0.1, 0.15) is 11.5 Å². The normalized spacial score (nSPS) is 10.7. The van der Waals surface area contributed by atoms with Gasteiger partial charge in [0.2, 0.25) is 0 Å². The highest BCUT2D eigenvalue weighted by atomic mass is 16.3. The van der Waals surface area contributed by atoms with Crippen molar-refractivity contribution in [2.45, 2.75) is 65.2 Å². The molecule has 0 aliphatic rings. The quantitative estimate of drug-likeness (QED) is 0.205. The predicted molar refractivity (Wildman–Crippen MR) is 145 cm³/mol. The third-order valence-electron chi connectivity index (χ3n) is 6.21. The third-order valence-corrected chi connectivity index (χ3v) is 6.21. The van der Waals surface area contributed by atoms with Crippen molar-refractivity contribution in [2.24, 2.45) is 0 Å². The van der Waals surface area contributed by atoms with Gasteiger partial charge in [-0.15, -0.1) is 0 Å². The van der Waals surface area contributed by atoms with Gasteiger partial charge in [-0.2, -0.15) is 0 Å². The van der Waals surface area contributed by atoms with Gasteiger partial charge in [0, 0.05) is 11.4 Å². The largest absolute Gasteiger partial charge is 0.507 e. The Balaban J connectivity index is 1.69. The molecule has 0 aliphatic heterocycles. The zero-order valence-corrected chi connectivity index (χ0v) is 21.1. The van der Waals surface area contributed by atoms with E-state index in [4.69, 9.17) is 0 Å². The van der Waals surface area contributed by atoms with Crippen LogP contribution in [0.25, 0.3) is 0 Å². The molecule has 3 rings (SSSR count). The van der Waals surface area contributed by atoms with Crippen LogP contribution in [-0.2, 0) is 12.8 Å². The summed E-state index contributed by atoms with van der Waals surface area (Å²) in [6.07, 6.45) is 7.62. The van der Waals surface area contributed by atoms with Crippen LogP contribution in [0.1, 0.15) is 84.2 Å². The van der Waals surface area contributed by atoms with Crippen molar-refractivity contribution in [3.05, 3.63) is 82.9 Å². The van der Waals surface area contributed by atoms with Crippen LogP contribution in [0.3, 0.4) is 0 Å². The molecule has 0 saturated carbocycles. The van der Waals surface area contributed by atoms with Crippen molar-refractivity contribution < 1.29 is 19.8 Å². The number of phenols is 2. The summed E-state index contributed by atoms with van der Waals surface area (Å²) in [4.78, 5) is 25.9. The number of amides is 2. The number of benzene rings is 3. The number of phenolic OH excluding ortho intramolecular Hbond substituents is 2. The van der Waals surface area contributed by atoms with Gasteiger partial charge in [-0.25, -0.2) is 0 Å². The molecule has 6 heteroatoms. The Bertz CT molecular complexity index is 1080. The molecule has 0 aromatic heterocycles. The molecule has 0 fully saturated rings. The minimum Gasteiger partial charge on any atom is -0.507 e. The summed E-state index contributed by atoms with van der Waals surface area (Å²) in [6.45, 7) is 4.24. The van der Waals surface area contributed by atoms with E-state index in [-0.39, 0.29) is 23.3 Å². The van der Waals surface area contributed by atoms with Gasteiger partial charge in [-0.1, -0.05) is 63.8 Å². The van der Waals surface area contributed by atoms with Crippen LogP contribution >= 0.6 is 0 Å². The number of nitrogens with one attached hydrogen (secondary N) is 2. The first kappa shape index (κ1) is 26.8. The molecule has 0 spiro atoms. The second-order valence-corrected chi connectivity index (χ2v) is 9.02. The van der Waals surface area contributed by atoms with E-state index in [2.05, 4.69) is 24.5 Å². The number of carbonyl (C=O) groups excluding carboxylic acids is 2. The molecule has 0 radical (unpaired) electrons. The lowest BCUT2D eigenvalue weighted by molar-refractivity contribution is 0.101. The maximum absolute atomic E-state index is 13.0. The highest BCUT2D eigenvalue weighted by Crippen LogP contribution is 2.26. The second-order valence-electron chi connectivity index (χ2n) is 9.02. The number of aromatic hydroxyl groups is 2. The predicted octanol–water partition coefficient (Wildman–Crippen LogP) is 7.07. The standard InChI is InChI=1S/C30H36N2O4/c1-3-5-7-11-21-13-9-15-25(33)27(21)29(35)31-23-17-19-24(20-18-23)32-30(36)28-22(12-8-6-4-2)14-10-16-26(28)34/h9-10,13-20,33-34H,3-8,11-12H2,1-2H3,(H,31,35)(H,32,36). The van der Waals surface area contributed by atoms with Gasteiger partial charge in [-0.3, -0.25) is 9.59 Å². The third kappa shape index (κ3) is 7.11. The maximum Gasteiger partial charge on any atom is 0.259 e. The second kappa shape index (κ2) is 13.3. The Hall–Kier alpha value is -3.80. The van der Waals surface area contributed by atoms with E-state index in [9.17, 15) is 19.8 Å². The Labute approximate surface area is 213 Å². The summed E-state index contributed by atoms with van der Waals surface area (Å²) in [7, 11) is 0. The van der Waals surface area contributed by atoms with E-state index in [0.29, 0.717) is 22.5 Å². The van der Waals surface area contributed by atoms with Gasteiger partial charge < -0.3 is 20.8 Å². The van der Waals surface area contributed by atoms with E-state index < -0.39 is 0 Å². The summed E-state index contributed by atoms with van der Waals surface area (Å²) in [5.74, 6) is -0.824. The summed E-state index contributed by atoms with van der Waals surface area (Å²) in [6, 6.07) is 17.1. The smallest absolute Gasteiger partial charge is 0.259 e. The van der Waals surface area contributed by atoms with Crippen molar-refractivity contribution in [3.8, 4) is 11.5 Å². The lowest BCUT2D eigenvalue weighted by Crippen LogP contribution is -2.16. The van der Waals surface area contributed by atoms with Crippen molar-refractivity contribution in [1.82, 2.24) is 0 Å². The molecule has 0 bridgehead atoms. The van der Waals surface area contributed by atoms with Gasteiger partial charge in [0.15, 0.2) is 0 Å². The topological polar surface area (TPSA) is 98.7 Å². The van der Waals surface area contributed by atoms with E-state index in [1.165, 1.54) is 12.1 Å². The molecule has 3 aromatic carbocycles. The van der Waals surface area contributed by atoms with Gasteiger partial charge >= 0.3 is 0 Å². The number of aryl methyl sites for hydroxylation is 2. The molecule has 2 amide bonds. The first-order valence-electron chi connectivity index (χ1n) is 12.8. The first-order valence-corrected chi connectivity index (χ1v) is 12.8. The van der Waals surface area contributed by atoms with E-state index in [1.807, 2.05) is 12.1 Å².